The molecule has 0 spiro atoms. The van der Waals surface area contributed by atoms with E-state index >= 15 is 0 Å². The zero-order valence-electron chi connectivity index (χ0n) is 18.0. The van der Waals surface area contributed by atoms with Crippen LogP contribution >= 0.6 is 0 Å². The van der Waals surface area contributed by atoms with Crippen molar-refractivity contribution in [1.82, 2.24) is 16.0 Å². The molecule has 0 aromatic rings. The lowest BCUT2D eigenvalue weighted by Crippen LogP contribution is -2.41. The molecule has 2 rings (SSSR count). The fourth-order valence-corrected chi connectivity index (χ4v) is 5.81. The molecule has 1 atom stereocenters. The molecule has 1 aliphatic heterocycles. The smallest absolute Gasteiger partial charge is 0.222 e. The average Bonchev–Trinajstić information content (AvgIpc) is 3.26. The van der Waals surface area contributed by atoms with E-state index in [0.717, 1.165) is 38.7 Å². The van der Waals surface area contributed by atoms with Crippen LogP contribution in [0.5, 0.6) is 0 Å². The van der Waals surface area contributed by atoms with E-state index in [4.69, 9.17) is 9.73 Å². The molecule has 0 bridgehead atoms. The van der Waals surface area contributed by atoms with Gasteiger partial charge < -0.3 is 20.7 Å². The van der Waals surface area contributed by atoms with Gasteiger partial charge in [-0.1, -0.05) is 12.8 Å². The number of carbonyl (C=O) groups is 1. The van der Waals surface area contributed by atoms with E-state index in [1.807, 2.05) is 13.8 Å². The summed E-state index contributed by atoms with van der Waals surface area (Å²) in [5.41, 5.74) is 0.225. The first-order valence-corrected chi connectivity index (χ1v) is 12.8. The summed E-state index contributed by atoms with van der Waals surface area (Å²) in [5, 5.41) is 9.29. The van der Waals surface area contributed by atoms with E-state index in [9.17, 15) is 13.2 Å². The summed E-state index contributed by atoms with van der Waals surface area (Å²) in [6.45, 7) is 7.55. The highest BCUT2D eigenvalue weighted by Crippen LogP contribution is 2.41. The summed E-state index contributed by atoms with van der Waals surface area (Å²) in [4.78, 5) is 16.9. The SMILES string of the molecule is CCNC(=NCC1(CCOCC)CCCC1)NCCC(=O)NC1CCS(=O)(=O)C1. The van der Waals surface area contributed by atoms with Crippen LogP contribution in [0.15, 0.2) is 4.99 Å². The standard InChI is InChI=1S/C20H38N4O4S/c1-3-21-19(23-16-20(9-5-6-10-20)11-13-28-4-2)22-12-7-18(25)24-17-8-14-29(26,27)15-17/h17H,3-16H2,1-2H3,(H,24,25)(H2,21,22,23). The molecule has 0 aromatic carbocycles. The van der Waals surface area contributed by atoms with Gasteiger partial charge in [-0.2, -0.15) is 0 Å². The van der Waals surface area contributed by atoms with Crippen molar-refractivity contribution < 1.29 is 17.9 Å². The third kappa shape index (κ3) is 8.50. The van der Waals surface area contributed by atoms with Gasteiger partial charge in [-0.15, -0.1) is 0 Å². The van der Waals surface area contributed by atoms with E-state index in [2.05, 4.69) is 16.0 Å². The molecule has 9 heteroatoms. The summed E-state index contributed by atoms with van der Waals surface area (Å²) >= 11 is 0. The molecule has 168 valence electrons. The van der Waals surface area contributed by atoms with Crippen molar-refractivity contribution in [3.63, 3.8) is 0 Å². The van der Waals surface area contributed by atoms with Crippen LogP contribution in [-0.4, -0.2) is 70.7 Å². The van der Waals surface area contributed by atoms with E-state index in [1.165, 1.54) is 25.7 Å². The topological polar surface area (TPSA) is 109 Å². The Kier molecular flexibility index (Phi) is 9.68. The van der Waals surface area contributed by atoms with Crippen molar-refractivity contribution in [3.8, 4) is 0 Å². The van der Waals surface area contributed by atoms with Crippen molar-refractivity contribution in [1.29, 1.82) is 0 Å². The van der Waals surface area contributed by atoms with E-state index < -0.39 is 9.84 Å². The van der Waals surface area contributed by atoms with Gasteiger partial charge in [0.05, 0.1) is 11.5 Å². The Bertz CT molecular complexity index is 645. The van der Waals surface area contributed by atoms with Gasteiger partial charge in [-0.05, 0) is 44.9 Å². The fourth-order valence-electron chi connectivity index (χ4n) is 4.14. The quantitative estimate of drug-likeness (QED) is 0.258. The number of carbonyl (C=O) groups excluding carboxylic acids is 1. The maximum absolute atomic E-state index is 12.1. The van der Waals surface area contributed by atoms with Crippen LogP contribution in [0.1, 0.15) is 58.8 Å². The Morgan fingerprint density at radius 3 is 2.59 bits per heavy atom. The van der Waals surface area contributed by atoms with E-state index in [0.29, 0.717) is 13.0 Å². The number of ether oxygens (including phenoxy) is 1. The average molecular weight is 431 g/mol. The van der Waals surface area contributed by atoms with Crippen LogP contribution < -0.4 is 16.0 Å². The number of aliphatic imine (C=N–C) groups is 1. The maximum atomic E-state index is 12.1. The molecule has 3 N–H and O–H groups in total. The molecule has 1 unspecified atom stereocenters. The molecule has 2 fully saturated rings. The second kappa shape index (κ2) is 11.7. The third-order valence-corrected chi connectivity index (χ3v) is 7.57. The molecule has 8 nitrogen and oxygen atoms in total. The van der Waals surface area contributed by atoms with Crippen molar-refractivity contribution in [2.75, 3.05) is 44.4 Å². The molecule has 29 heavy (non-hydrogen) atoms. The van der Waals surface area contributed by atoms with Crippen LogP contribution in [-0.2, 0) is 19.4 Å². The molecule has 2 aliphatic rings. The third-order valence-electron chi connectivity index (χ3n) is 5.80. The lowest BCUT2D eigenvalue weighted by Gasteiger charge is -2.27. The molecular weight excluding hydrogens is 392 g/mol. The molecule has 1 saturated heterocycles. The minimum Gasteiger partial charge on any atom is -0.382 e. The van der Waals surface area contributed by atoms with Gasteiger partial charge in [0.15, 0.2) is 15.8 Å². The lowest BCUT2D eigenvalue weighted by molar-refractivity contribution is -0.121. The van der Waals surface area contributed by atoms with Gasteiger partial charge in [-0.25, -0.2) is 8.42 Å². The molecule has 1 aliphatic carbocycles. The number of hydrogen-bond donors (Lipinski definition) is 3. The van der Waals surface area contributed by atoms with Crippen LogP contribution in [0.3, 0.4) is 0 Å². The Morgan fingerprint density at radius 2 is 1.97 bits per heavy atom. The van der Waals surface area contributed by atoms with Crippen molar-refractivity contribution in [2.45, 2.75) is 64.8 Å². The number of hydrogen-bond acceptors (Lipinski definition) is 5. The molecule has 0 radical (unpaired) electrons. The van der Waals surface area contributed by atoms with Gasteiger partial charge in [0.25, 0.3) is 0 Å². The summed E-state index contributed by atoms with van der Waals surface area (Å²) in [6, 6.07) is -0.248. The zero-order chi connectivity index (χ0) is 21.2. The first kappa shape index (κ1) is 23.9. The number of nitrogens with zero attached hydrogens (tertiary/aromatic N) is 1. The van der Waals surface area contributed by atoms with Crippen LogP contribution in [0.2, 0.25) is 0 Å². The minimum absolute atomic E-state index is 0.0557. The highest BCUT2D eigenvalue weighted by molar-refractivity contribution is 7.91. The fraction of sp³-hybridized carbons (Fsp3) is 0.900. The Morgan fingerprint density at radius 1 is 1.21 bits per heavy atom. The lowest BCUT2D eigenvalue weighted by atomic mass is 9.83. The second-order valence-corrected chi connectivity index (χ2v) is 10.4. The monoisotopic (exact) mass is 430 g/mol. The van der Waals surface area contributed by atoms with Gasteiger partial charge in [0.2, 0.25) is 5.91 Å². The molecule has 0 aromatic heterocycles. The van der Waals surface area contributed by atoms with Gasteiger partial charge in [0, 0.05) is 45.3 Å². The van der Waals surface area contributed by atoms with E-state index in [1.54, 1.807) is 0 Å². The second-order valence-electron chi connectivity index (χ2n) is 8.19. The van der Waals surface area contributed by atoms with Crippen molar-refractivity contribution in [2.24, 2.45) is 10.4 Å². The predicted octanol–water partition coefficient (Wildman–Crippen LogP) is 1.22. The molecule has 1 saturated carbocycles. The summed E-state index contributed by atoms with van der Waals surface area (Å²) in [6.07, 6.45) is 6.72. The normalized spacial score (nSPS) is 23.1. The largest absolute Gasteiger partial charge is 0.382 e. The maximum Gasteiger partial charge on any atom is 0.222 e. The van der Waals surface area contributed by atoms with Crippen LogP contribution in [0, 0.1) is 5.41 Å². The number of rotatable bonds is 11. The van der Waals surface area contributed by atoms with Crippen molar-refractivity contribution >= 4 is 21.7 Å². The zero-order valence-corrected chi connectivity index (χ0v) is 18.8. The number of sulfone groups is 1. The first-order chi connectivity index (χ1) is 13.9. The van der Waals surface area contributed by atoms with E-state index in [-0.39, 0.29) is 35.3 Å². The highest BCUT2D eigenvalue weighted by atomic mass is 32.2. The van der Waals surface area contributed by atoms with Gasteiger partial charge >= 0.3 is 0 Å². The molecular formula is C20H38N4O4S. The van der Waals surface area contributed by atoms with Crippen LogP contribution in [0.4, 0.5) is 0 Å². The summed E-state index contributed by atoms with van der Waals surface area (Å²) < 4.78 is 28.6. The first-order valence-electron chi connectivity index (χ1n) is 11.0. The number of guanidine groups is 1. The van der Waals surface area contributed by atoms with Gasteiger partial charge in [0.1, 0.15) is 0 Å². The number of nitrogens with one attached hydrogen (secondary N) is 3. The summed E-state index contributed by atoms with van der Waals surface area (Å²) in [7, 11) is -2.98. The molecule has 1 heterocycles. The van der Waals surface area contributed by atoms with Gasteiger partial charge in [-0.3, -0.25) is 9.79 Å². The Labute approximate surface area is 175 Å². The highest BCUT2D eigenvalue weighted by Gasteiger charge is 2.33. The minimum atomic E-state index is -2.98. The molecule has 1 amide bonds. The predicted molar refractivity (Wildman–Crippen MR) is 116 cm³/mol. The Balaban J connectivity index is 1.78. The number of amides is 1. The van der Waals surface area contributed by atoms with Crippen molar-refractivity contribution in [3.05, 3.63) is 0 Å². The summed E-state index contributed by atoms with van der Waals surface area (Å²) in [5.74, 6) is 0.823. The van der Waals surface area contributed by atoms with Crippen LogP contribution in [0.25, 0.3) is 0 Å². The Hall–Kier alpha value is -1.35.